The number of aliphatic carboxylic acids is 1. The Bertz CT molecular complexity index is 451. The second-order valence-corrected chi connectivity index (χ2v) is 5.11. The van der Waals surface area contributed by atoms with Crippen LogP contribution in [0.4, 0.5) is 0 Å². The minimum atomic E-state index is -0.764. The van der Waals surface area contributed by atoms with E-state index in [9.17, 15) is 4.79 Å². The van der Waals surface area contributed by atoms with E-state index >= 15 is 0 Å². The highest BCUT2D eigenvalue weighted by atomic mass is 16.5. The normalized spacial score (nSPS) is 18.4. The molecule has 4 nitrogen and oxygen atoms in total. The molecule has 0 spiro atoms. The molecule has 1 N–H and O–H groups in total. The molecular weight excluding hydrogens is 244 g/mol. The highest BCUT2D eigenvalue weighted by Gasteiger charge is 2.45. The first-order valence-corrected chi connectivity index (χ1v) is 6.61. The standard InChI is InChI=1S/C15H20O4/c1-3-19-13-6-4-5-12(8-13)15(9-18-10-15)11(2)7-14(16)17/h4-6,8,11H,3,7,9-10H2,1-2H3,(H,16,17). The number of benzene rings is 1. The Hall–Kier alpha value is -1.55. The third-order valence-electron chi connectivity index (χ3n) is 3.86. The SMILES string of the molecule is CCOc1cccc(C2(C(C)CC(=O)O)COC2)c1. The van der Waals surface area contributed by atoms with Crippen LogP contribution in [-0.4, -0.2) is 30.9 Å². The van der Waals surface area contributed by atoms with Gasteiger partial charge in [-0.3, -0.25) is 4.79 Å². The summed E-state index contributed by atoms with van der Waals surface area (Å²) in [6, 6.07) is 7.91. The fraction of sp³-hybridized carbons (Fsp3) is 0.533. The maximum atomic E-state index is 10.9. The van der Waals surface area contributed by atoms with E-state index in [0.29, 0.717) is 19.8 Å². The molecule has 0 aliphatic carbocycles. The van der Waals surface area contributed by atoms with Crippen molar-refractivity contribution in [3.8, 4) is 5.75 Å². The van der Waals surface area contributed by atoms with Gasteiger partial charge in [0, 0.05) is 11.8 Å². The van der Waals surface area contributed by atoms with E-state index in [2.05, 4.69) is 0 Å². The van der Waals surface area contributed by atoms with Gasteiger partial charge >= 0.3 is 5.97 Å². The van der Waals surface area contributed by atoms with Crippen molar-refractivity contribution in [2.75, 3.05) is 19.8 Å². The van der Waals surface area contributed by atoms with Crippen molar-refractivity contribution < 1.29 is 19.4 Å². The molecule has 1 aliphatic heterocycles. The van der Waals surface area contributed by atoms with Crippen molar-refractivity contribution >= 4 is 5.97 Å². The molecule has 0 saturated carbocycles. The second-order valence-electron chi connectivity index (χ2n) is 5.11. The molecule has 0 aromatic heterocycles. The fourth-order valence-electron chi connectivity index (χ4n) is 2.58. The summed E-state index contributed by atoms with van der Waals surface area (Å²) in [7, 11) is 0. The van der Waals surface area contributed by atoms with Gasteiger partial charge in [-0.25, -0.2) is 0 Å². The predicted octanol–water partition coefficient (Wildman–Crippen LogP) is 2.46. The van der Waals surface area contributed by atoms with Crippen LogP contribution in [0.3, 0.4) is 0 Å². The predicted molar refractivity (Wildman–Crippen MR) is 71.5 cm³/mol. The first-order chi connectivity index (χ1) is 9.08. The van der Waals surface area contributed by atoms with Gasteiger partial charge in [-0.05, 0) is 30.5 Å². The van der Waals surface area contributed by atoms with E-state index in [1.165, 1.54) is 0 Å². The Morgan fingerprint density at radius 1 is 1.53 bits per heavy atom. The van der Waals surface area contributed by atoms with Crippen LogP contribution >= 0.6 is 0 Å². The smallest absolute Gasteiger partial charge is 0.303 e. The largest absolute Gasteiger partial charge is 0.494 e. The molecular formula is C15H20O4. The molecule has 104 valence electrons. The first-order valence-electron chi connectivity index (χ1n) is 6.61. The number of carbonyl (C=O) groups is 1. The van der Waals surface area contributed by atoms with E-state index in [4.69, 9.17) is 14.6 Å². The minimum Gasteiger partial charge on any atom is -0.494 e. The molecule has 1 unspecified atom stereocenters. The van der Waals surface area contributed by atoms with Crippen LogP contribution in [0.5, 0.6) is 5.75 Å². The number of ether oxygens (including phenoxy) is 2. The molecule has 1 heterocycles. The molecule has 0 radical (unpaired) electrons. The van der Waals surface area contributed by atoms with Crippen LogP contribution in [0.15, 0.2) is 24.3 Å². The summed E-state index contributed by atoms with van der Waals surface area (Å²) >= 11 is 0. The number of carboxylic acids is 1. The number of rotatable bonds is 6. The summed E-state index contributed by atoms with van der Waals surface area (Å²) in [5.41, 5.74) is 0.921. The Labute approximate surface area is 113 Å². The molecule has 1 fully saturated rings. The molecule has 1 atom stereocenters. The average Bonchev–Trinajstić information content (AvgIpc) is 2.27. The fourth-order valence-corrected chi connectivity index (χ4v) is 2.58. The van der Waals surface area contributed by atoms with Gasteiger partial charge in [-0.1, -0.05) is 19.1 Å². The van der Waals surface area contributed by atoms with Gasteiger partial charge in [-0.15, -0.1) is 0 Å². The van der Waals surface area contributed by atoms with Crippen molar-refractivity contribution in [2.45, 2.75) is 25.7 Å². The molecule has 2 rings (SSSR count). The van der Waals surface area contributed by atoms with Crippen molar-refractivity contribution in [2.24, 2.45) is 5.92 Å². The Morgan fingerprint density at radius 3 is 2.79 bits per heavy atom. The van der Waals surface area contributed by atoms with Gasteiger partial charge in [0.25, 0.3) is 0 Å². The zero-order valence-electron chi connectivity index (χ0n) is 11.4. The van der Waals surface area contributed by atoms with E-state index in [1.54, 1.807) is 0 Å². The number of hydrogen-bond acceptors (Lipinski definition) is 3. The Kier molecular flexibility index (Phi) is 4.10. The van der Waals surface area contributed by atoms with Gasteiger partial charge in [0.15, 0.2) is 0 Å². The Morgan fingerprint density at radius 2 is 2.26 bits per heavy atom. The van der Waals surface area contributed by atoms with Crippen molar-refractivity contribution in [3.05, 3.63) is 29.8 Å². The van der Waals surface area contributed by atoms with E-state index in [0.717, 1.165) is 11.3 Å². The van der Waals surface area contributed by atoms with Crippen molar-refractivity contribution in [3.63, 3.8) is 0 Å². The molecule has 1 aliphatic rings. The van der Waals surface area contributed by atoms with Crippen LogP contribution in [0.2, 0.25) is 0 Å². The Balaban J connectivity index is 2.25. The molecule has 19 heavy (non-hydrogen) atoms. The quantitative estimate of drug-likeness (QED) is 0.857. The lowest BCUT2D eigenvalue weighted by Crippen LogP contribution is -2.52. The second kappa shape index (κ2) is 5.61. The van der Waals surface area contributed by atoms with Gasteiger partial charge in [0.2, 0.25) is 0 Å². The van der Waals surface area contributed by atoms with E-state index in [-0.39, 0.29) is 17.8 Å². The summed E-state index contributed by atoms with van der Waals surface area (Å²) in [5, 5.41) is 8.99. The van der Waals surface area contributed by atoms with Crippen molar-refractivity contribution in [1.82, 2.24) is 0 Å². The maximum Gasteiger partial charge on any atom is 0.303 e. The molecule has 4 heteroatoms. The summed E-state index contributed by atoms with van der Waals surface area (Å²) in [6.45, 7) is 5.71. The number of carboxylic acid groups (broad SMARTS) is 1. The zero-order valence-corrected chi connectivity index (χ0v) is 11.4. The third kappa shape index (κ3) is 2.73. The summed E-state index contributed by atoms with van der Waals surface area (Å²) in [4.78, 5) is 10.9. The van der Waals surface area contributed by atoms with Gasteiger partial charge in [0.1, 0.15) is 5.75 Å². The molecule has 0 bridgehead atoms. The lowest BCUT2D eigenvalue weighted by Gasteiger charge is -2.46. The summed E-state index contributed by atoms with van der Waals surface area (Å²) in [5.74, 6) is 0.101. The average molecular weight is 264 g/mol. The number of hydrogen-bond donors (Lipinski definition) is 1. The van der Waals surface area contributed by atoms with Crippen LogP contribution in [0.1, 0.15) is 25.8 Å². The van der Waals surface area contributed by atoms with Crippen LogP contribution in [0.25, 0.3) is 0 Å². The monoisotopic (exact) mass is 264 g/mol. The van der Waals surface area contributed by atoms with Crippen LogP contribution in [0, 0.1) is 5.92 Å². The highest BCUT2D eigenvalue weighted by molar-refractivity contribution is 5.67. The first kappa shape index (κ1) is 13.9. The maximum absolute atomic E-state index is 10.9. The van der Waals surface area contributed by atoms with Crippen LogP contribution < -0.4 is 4.74 Å². The van der Waals surface area contributed by atoms with Gasteiger partial charge in [-0.2, -0.15) is 0 Å². The third-order valence-corrected chi connectivity index (χ3v) is 3.86. The molecule has 1 saturated heterocycles. The van der Waals surface area contributed by atoms with E-state index in [1.807, 2.05) is 38.1 Å². The summed E-state index contributed by atoms with van der Waals surface area (Å²) < 4.78 is 10.9. The van der Waals surface area contributed by atoms with Gasteiger partial charge in [0.05, 0.1) is 19.8 Å². The summed E-state index contributed by atoms with van der Waals surface area (Å²) in [6.07, 6.45) is 0.155. The molecule has 1 aromatic rings. The van der Waals surface area contributed by atoms with E-state index < -0.39 is 5.97 Å². The highest BCUT2D eigenvalue weighted by Crippen LogP contribution is 2.41. The van der Waals surface area contributed by atoms with Crippen molar-refractivity contribution in [1.29, 1.82) is 0 Å². The van der Waals surface area contributed by atoms with Gasteiger partial charge < -0.3 is 14.6 Å². The molecule has 0 amide bonds. The topological polar surface area (TPSA) is 55.8 Å². The minimum absolute atomic E-state index is 0.0376. The van der Waals surface area contributed by atoms with Crippen LogP contribution in [-0.2, 0) is 14.9 Å². The lowest BCUT2D eigenvalue weighted by atomic mass is 9.68. The molecule has 1 aromatic carbocycles. The zero-order chi connectivity index (χ0) is 13.9. The lowest BCUT2D eigenvalue weighted by molar-refractivity contribution is -0.142.